The number of aromatic nitrogens is 3. The Morgan fingerprint density at radius 2 is 1.79 bits per heavy atom. The average Bonchev–Trinajstić information content (AvgIpc) is 3.34. The zero-order valence-electron chi connectivity index (χ0n) is 28.9. The lowest BCUT2D eigenvalue weighted by molar-refractivity contribution is -0.0619. The van der Waals surface area contributed by atoms with E-state index in [0.717, 1.165) is 77.2 Å². The van der Waals surface area contributed by atoms with Gasteiger partial charge in [-0.1, -0.05) is 0 Å². The van der Waals surface area contributed by atoms with E-state index in [1.807, 2.05) is 38.3 Å². The van der Waals surface area contributed by atoms with Crippen LogP contribution in [0.3, 0.4) is 0 Å². The second kappa shape index (κ2) is 13.2. The van der Waals surface area contributed by atoms with Crippen LogP contribution >= 0.6 is 11.8 Å². The molecule has 4 bridgehead atoms. The Morgan fingerprint density at radius 3 is 2.42 bits per heavy atom. The quantitative estimate of drug-likeness (QED) is 0.190. The van der Waals surface area contributed by atoms with Crippen molar-refractivity contribution in [2.75, 3.05) is 12.8 Å². The summed E-state index contributed by atoms with van der Waals surface area (Å²) in [6.45, 7) is 6.87. The molecule has 3 N–H and O–H groups in total. The van der Waals surface area contributed by atoms with Crippen molar-refractivity contribution >= 4 is 34.8 Å². The number of aryl methyl sites for hydroxylation is 1. The van der Waals surface area contributed by atoms with Gasteiger partial charge in [-0.2, -0.15) is 0 Å². The number of carbonyl (C=O) groups excluding carboxylic acids is 1. The minimum atomic E-state index is -0.763. The van der Waals surface area contributed by atoms with Gasteiger partial charge in [-0.15, -0.1) is 11.8 Å². The highest BCUT2D eigenvalue weighted by atomic mass is 32.2. The molecule has 48 heavy (non-hydrogen) atoms. The van der Waals surface area contributed by atoms with Gasteiger partial charge in [0.1, 0.15) is 5.65 Å². The second-order valence-corrected chi connectivity index (χ2v) is 16.5. The number of hydrogen-bond donors (Lipinski definition) is 3. The van der Waals surface area contributed by atoms with E-state index < -0.39 is 6.09 Å². The summed E-state index contributed by atoms with van der Waals surface area (Å²) in [6.07, 6.45) is 15.8. The molecule has 8 rings (SSSR count). The standard InChI is InChI=1S/C38H51N5O4S/c1-22-14-32(48-4)31(35(44)41-22)21-40-36(45)33-24(3)43(34-30(33)6-5-12-39-34)23(2)28-7-9-29(10-8-28)42(37(46)47)13-11-38-18-25-15-26(19-38)17-27(16-25)20-38/h5-6,12,14,23,25-29H,7-11,13,15-21H2,1-4H3,(H,40,45)(H,41,44)(H,46,47)/t23-,25?,26?,27?,28?,29?,38?/m1/s1. The topological polar surface area (TPSA) is 120 Å². The molecule has 0 radical (unpaired) electrons. The van der Waals surface area contributed by atoms with Crippen LogP contribution in [0.1, 0.15) is 111 Å². The maximum atomic E-state index is 13.8. The van der Waals surface area contributed by atoms with Gasteiger partial charge in [0.15, 0.2) is 0 Å². The SMILES string of the molecule is CSc1cc(C)[nH]c(=O)c1CNC(=O)c1c(C)n([C@H](C)C2CCC(N(CCC34CC5CC(CC(C5)C3)C4)C(=O)O)CC2)c2ncccc12. The van der Waals surface area contributed by atoms with Gasteiger partial charge < -0.3 is 24.9 Å². The number of hydrogen-bond acceptors (Lipinski definition) is 5. The Morgan fingerprint density at radius 1 is 1.12 bits per heavy atom. The number of fused-ring (bicyclic) bond motifs is 1. The summed E-state index contributed by atoms with van der Waals surface area (Å²) in [5.74, 6) is 2.77. The molecule has 10 heteroatoms. The van der Waals surface area contributed by atoms with Crippen molar-refractivity contribution in [1.29, 1.82) is 0 Å². The number of pyridine rings is 2. The minimum Gasteiger partial charge on any atom is -0.465 e. The first-order valence-corrected chi connectivity index (χ1v) is 19.3. The number of carboxylic acid groups (broad SMARTS) is 1. The molecule has 5 saturated carbocycles. The first kappa shape index (κ1) is 33.2. The van der Waals surface area contributed by atoms with Crippen LogP contribution in [0.25, 0.3) is 11.0 Å². The predicted molar refractivity (Wildman–Crippen MR) is 190 cm³/mol. The number of aromatic amines is 1. The maximum Gasteiger partial charge on any atom is 0.407 e. The van der Waals surface area contributed by atoms with E-state index in [1.165, 1.54) is 50.3 Å². The van der Waals surface area contributed by atoms with E-state index in [-0.39, 0.29) is 30.1 Å². The predicted octanol–water partition coefficient (Wildman–Crippen LogP) is 7.70. The highest BCUT2D eigenvalue weighted by Crippen LogP contribution is 2.61. The molecular weight excluding hydrogens is 623 g/mol. The molecular formula is C38H51N5O4S. The fourth-order valence-corrected chi connectivity index (χ4v) is 11.5. The van der Waals surface area contributed by atoms with Gasteiger partial charge in [-0.25, -0.2) is 9.78 Å². The first-order chi connectivity index (χ1) is 23.1. The molecule has 0 saturated heterocycles. The van der Waals surface area contributed by atoms with Crippen LogP contribution in [0.2, 0.25) is 0 Å². The number of nitrogens with one attached hydrogen (secondary N) is 2. The van der Waals surface area contributed by atoms with Crippen LogP contribution in [0.15, 0.2) is 34.1 Å². The largest absolute Gasteiger partial charge is 0.465 e. The van der Waals surface area contributed by atoms with Crippen LogP contribution in [-0.2, 0) is 6.54 Å². The van der Waals surface area contributed by atoms with Crippen molar-refractivity contribution in [3.63, 3.8) is 0 Å². The van der Waals surface area contributed by atoms with Gasteiger partial charge in [0.25, 0.3) is 11.5 Å². The number of amides is 2. The van der Waals surface area contributed by atoms with Gasteiger partial charge in [0, 0.05) is 58.6 Å². The third kappa shape index (κ3) is 6.18. The molecule has 1 atom stereocenters. The Kier molecular flexibility index (Phi) is 9.15. The van der Waals surface area contributed by atoms with E-state index in [2.05, 4.69) is 21.8 Å². The number of nitrogens with zero attached hydrogens (tertiary/aromatic N) is 3. The van der Waals surface area contributed by atoms with Crippen molar-refractivity contribution in [2.45, 2.75) is 115 Å². The Hall–Kier alpha value is -3.27. The van der Waals surface area contributed by atoms with Crippen molar-refractivity contribution in [3.8, 4) is 0 Å². The fourth-order valence-electron chi connectivity index (χ4n) is 10.8. The lowest BCUT2D eigenvalue weighted by Crippen LogP contribution is -2.49. The Labute approximate surface area is 287 Å². The van der Waals surface area contributed by atoms with Gasteiger partial charge >= 0.3 is 6.09 Å². The molecule has 5 aliphatic carbocycles. The Balaban J connectivity index is 1.03. The molecule has 5 aliphatic rings. The normalized spacial score (nSPS) is 28.5. The fraction of sp³-hybridized carbons (Fsp3) is 0.632. The van der Waals surface area contributed by atoms with Gasteiger partial charge in [0.05, 0.1) is 5.56 Å². The van der Waals surface area contributed by atoms with Crippen LogP contribution in [0.5, 0.6) is 0 Å². The van der Waals surface area contributed by atoms with E-state index in [4.69, 9.17) is 4.98 Å². The number of thioether (sulfide) groups is 1. The van der Waals surface area contributed by atoms with Crippen molar-refractivity contribution < 1.29 is 14.7 Å². The molecule has 0 unspecified atom stereocenters. The monoisotopic (exact) mass is 673 g/mol. The highest BCUT2D eigenvalue weighted by Gasteiger charge is 2.51. The molecule has 3 aromatic heterocycles. The first-order valence-electron chi connectivity index (χ1n) is 18.1. The summed E-state index contributed by atoms with van der Waals surface area (Å²) in [7, 11) is 0. The molecule has 0 aromatic carbocycles. The molecule has 0 aliphatic heterocycles. The van der Waals surface area contributed by atoms with Crippen molar-refractivity contribution in [1.82, 2.24) is 24.8 Å². The second-order valence-electron chi connectivity index (χ2n) is 15.7. The van der Waals surface area contributed by atoms with Crippen molar-refractivity contribution in [2.24, 2.45) is 29.1 Å². The van der Waals surface area contributed by atoms with Gasteiger partial charge in [0.2, 0.25) is 0 Å². The third-order valence-electron chi connectivity index (χ3n) is 12.7. The molecule has 5 fully saturated rings. The highest BCUT2D eigenvalue weighted by molar-refractivity contribution is 7.98. The van der Waals surface area contributed by atoms with Gasteiger partial charge in [-0.05, 0) is 145 Å². The van der Waals surface area contributed by atoms with Crippen LogP contribution in [0, 0.1) is 42.9 Å². The molecule has 9 nitrogen and oxygen atoms in total. The molecule has 0 spiro atoms. The summed E-state index contributed by atoms with van der Waals surface area (Å²) in [4.78, 5) is 49.3. The summed E-state index contributed by atoms with van der Waals surface area (Å²) in [5, 5.41) is 14.2. The van der Waals surface area contributed by atoms with Gasteiger partial charge in [-0.3, -0.25) is 9.59 Å². The number of H-pyrrole nitrogens is 1. The van der Waals surface area contributed by atoms with E-state index in [9.17, 15) is 19.5 Å². The Bertz CT molecular complexity index is 1720. The average molecular weight is 674 g/mol. The lowest BCUT2D eigenvalue weighted by Gasteiger charge is -2.57. The molecule has 2 amide bonds. The zero-order chi connectivity index (χ0) is 33.7. The van der Waals surface area contributed by atoms with E-state index >= 15 is 0 Å². The number of rotatable bonds is 10. The molecule has 3 aromatic rings. The summed E-state index contributed by atoms with van der Waals surface area (Å²) < 4.78 is 2.21. The van der Waals surface area contributed by atoms with E-state index in [1.54, 1.807) is 11.1 Å². The maximum absolute atomic E-state index is 13.8. The summed E-state index contributed by atoms with van der Waals surface area (Å²) in [6, 6.07) is 5.91. The minimum absolute atomic E-state index is 0.0675. The number of carbonyl (C=O) groups is 2. The molecule has 3 heterocycles. The van der Waals surface area contributed by atoms with Crippen molar-refractivity contribution in [3.05, 3.63) is 57.3 Å². The van der Waals surface area contributed by atoms with Crippen LogP contribution < -0.4 is 10.9 Å². The van der Waals surface area contributed by atoms with Crippen LogP contribution in [-0.4, -0.2) is 55.4 Å². The third-order valence-corrected chi connectivity index (χ3v) is 13.5. The summed E-state index contributed by atoms with van der Waals surface area (Å²) in [5.41, 5.74) is 3.79. The summed E-state index contributed by atoms with van der Waals surface area (Å²) >= 11 is 1.50. The lowest BCUT2D eigenvalue weighted by atomic mass is 9.49. The van der Waals surface area contributed by atoms with Crippen LogP contribution in [0.4, 0.5) is 4.79 Å². The van der Waals surface area contributed by atoms with E-state index in [0.29, 0.717) is 29.0 Å². The molecule has 258 valence electrons. The smallest absolute Gasteiger partial charge is 0.407 e. The zero-order valence-corrected chi connectivity index (χ0v) is 29.7.